The highest BCUT2D eigenvalue weighted by Gasteiger charge is 2.76. The number of carbonyl (C=O) groups is 2. The van der Waals surface area contributed by atoms with Crippen LogP contribution in [0.1, 0.15) is 32.8 Å². The average molecular weight is 329 g/mol. The molecule has 3 atom stereocenters. The van der Waals surface area contributed by atoms with E-state index in [0.29, 0.717) is 19.7 Å². The van der Waals surface area contributed by atoms with Gasteiger partial charge in [0.1, 0.15) is 12.2 Å². The molecule has 5 heteroatoms. The van der Waals surface area contributed by atoms with Gasteiger partial charge in [0, 0.05) is 23.9 Å². The summed E-state index contributed by atoms with van der Waals surface area (Å²) in [5, 5.41) is 0. The molecule has 2 aliphatic heterocycles. The van der Waals surface area contributed by atoms with Gasteiger partial charge < -0.3 is 14.4 Å². The van der Waals surface area contributed by atoms with Crippen LogP contribution in [0.4, 0.5) is 4.79 Å². The minimum Gasteiger partial charge on any atom is -0.465 e. The summed E-state index contributed by atoms with van der Waals surface area (Å²) in [4.78, 5) is 26.5. The van der Waals surface area contributed by atoms with E-state index in [-0.39, 0.29) is 28.8 Å². The Morgan fingerprint density at radius 2 is 1.96 bits per heavy atom. The van der Waals surface area contributed by atoms with Crippen molar-refractivity contribution >= 4 is 12.1 Å². The molecule has 1 aromatic carbocycles. The molecule has 1 saturated carbocycles. The molecule has 2 saturated heterocycles. The van der Waals surface area contributed by atoms with Gasteiger partial charge in [0.15, 0.2) is 0 Å². The summed E-state index contributed by atoms with van der Waals surface area (Å²) in [5.74, 6) is -0.224. The molecular formula is C19H23NO4. The van der Waals surface area contributed by atoms with Gasteiger partial charge in [-0.05, 0) is 32.8 Å². The first-order valence-electron chi connectivity index (χ1n) is 8.48. The van der Waals surface area contributed by atoms with Gasteiger partial charge in [-0.1, -0.05) is 30.3 Å². The zero-order valence-electron chi connectivity index (χ0n) is 14.4. The monoisotopic (exact) mass is 329 g/mol. The number of nitrogens with zero attached hydrogens (tertiary/aromatic N) is 1. The fourth-order valence-electron chi connectivity index (χ4n) is 4.76. The minimum atomic E-state index is -0.530. The molecule has 24 heavy (non-hydrogen) atoms. The molecule has 0 N–H and O–H groups in total. The van der Waals surface area contributed by atoms with Gasteiger partial charge in [-0.15, -0.1) is 0 Å². The van der Waals surface area contributed by atoms with Crippen molar-refractivity contribution in [3.63, 3.8) is 0 Å². The van der Waals surface area contributed by atoms with E-state index in [4.69, 9.17) is 9.47 Å². The second-order valence-electron chi connectivity index (χ2n) is 8.31. The van der Waals surface area contributed by atoms with E-state index in [1.807, 2.05) is 39.0 Å². The SMILES string of the molecule is CC(C)(C)OC(=O)N1CC2(c3ccccc3)CC3C(=O)OCC32C1. The second-order valence-corrected chi connectivity index (χ2v) is 8.31. The van der Waals surface area contributed by atoms with Crippen molar-refractivity contribution in [3.8, 4) is 0 Å². The van der Waals surface area contributed by atoms with Crippen LogP contribution in [0.3, 0.4) is 0 Å². The maximum absolute atomic E-state index is 12.6. The van der Waals surface area contributed by atoms with Gasteiger partial charge in [-0.3, -0.25) is 4.79 Å². The molecule has 3 fully saturated rings. The zero-order valence-corrected chi connectivity index (χ0v) is 14.4. The summed E-state index contributed by atoms with van der Waals surface area (Å²) >= 11 is 0. The van der Waals surface area contributed by atoms with Crippen LogP contribution in [0, 0.1) is 11.3 Å². The van der Waals surface area contributed by atoms with Gasteiger partial charge in [0.2, 0.25) is 0 Å². The van der Waals surface area contributed by atoms with Crippen molar-refractivity contribution in [3.05, 3.63) is 35.9 Å². The Balaban J connectivity index is 1.69. The Hall–Kier alpha value is -2.04. The van der Waals surface area contributed by atoms with Crippen LogP contribution < -0.4 is 0 Å². The first-order chi connectivity index (χ1) is 11.3. The quantitative estimate of drug-likeness (QED) is 0.744. The van der Waals surface area contributed by atoms with E-state index in [9.17, 15) is 9.59 Å². The highest BCUT2D eigenvalue weighted by Crippen LogP contribution is 2.68. The Kier molecular flexibility index (Phi) is 3.06. The van der Waals surface area contributed by atoms with Crippen LogP contribution in [0.5, 0.6) is 0 Å². The maximum atomic E-state index is 12.6. The van der Waals surface area contributed by atoms with Crippen molar-refractivity contribution in [1.82, 2.24) is 4.90 Å². The van der Waals surface area contributed by atoms with E-state index in [0.717, 1.165) is 6.42 Å². The fraction of sp³-hybridized carbons (Fsp3) is 0.579. The van der Waals surface area contributed by atoms with Crippen LogP contribution in [-0.2, 0) is 19.7 Å². The molecule has 0 radical (unpaired) electrons. The van der Waals surface area contributed by atoms with E-state index < -0.39 is 5.60 Å². The number of ether oxygens (including phenoxy) is 2. The zero-order chi connectivity index (χ0) is 17.2. The van der Waals surface area contributed by atoms with E-state index in [1.54, 1.807) is 4.90 Å². The van der Waals surface area contributed by atoms with Gasteiger partial charge in [0.25, 0.3) is 0 Å². The molecule has 3 unspecified atom stereocenters. The summed E-state index contributed by atoms with van der Waals surface area (Å²) in [6.45, 7) is 7.10. The molecule has 4 rings (SSSR count). The van der Waals surface area contributed by atoms with Crippen LogP contribution >= 0.6 is 0 Å². The predicted octanol–water partition coefficient (Wildman–Crippen LogP) is 2.74. The number of rotatable bonds is 1. The highest BCUT2D eigenvalue weighted by atomic mass is 16.6. The van der Waals surface area contributed by atoms with Crippen molar-refractivity contribution in [1.29, 1.82) is 0 Å². The van der Waals surface area contributed by atoms with E-state index in [1.165, 1.54) is 5.56 Å². The topological polar surface area (TPSA) is 55.8 Å². The highest BCUT2D eigenvalue weighted by molar-refractivity contribution is 5.80. The standard InChI is InChI=1S/C19H23NO4/c1-17(2,3)24-16(22)20-10-18(13-7-5-4-6-8-13)9-14-15(21)23-12-19(14,18)11-20/h4-8,14H,9-12H2,1-3H3. The largest absolute Gasteiger partial charge is 0.465 e. The maximum Gasteiger partial charge on any atom is 0.410 e. The molecule has 1 aliphatic carbocycles. The number of hydrogen-bond acceptors (Lipinski definition) is 4. The third-order valence-corrected chi connectivity index (χ3v) is 5.84. The summed E-state index contributed by atoms with van der Waals surface area (Å²) in [5.41, 5.74) is 0.146. The summed E-state index contributed by atoms with van der Waals surface area (Å²) < 4.78 is 11.0. The molecule has 5 nitrogen and oxygen atoms in total. The lowest BCUT2D eigenvalue weighted by Crippen LogP contribution is -2.61. The lowest BCUT2D eigenvalue weighted by Gasteiger charge is -2.54. The second kappa shape index (κ2) is 4.74. The summed E-state index contributed by atoms with van der Waals surface area (Å²) in [6, 6.07) is 10.2. The molecular weight excluding hydrogens is 306 g/mol. The van der Waals surface area contributed by atoms with Gasteiger partial charge in [-0.2, -0.15) is 0 Å². The normalized spacial score (nSPS) is 34.2. The van der Waals surface area contributed by atoms with Crippen LogP contribution in [0.25, 0.3) is 0 Å². The Morgan fingerprint density at radius 3 is 2.58 bits per heavy atom. The summed E-state index contributed by atoms with van der Waals surface area (Å²) in [7, 11) is 0. The summed E-state index contributed by atoms with van der Waals surface area (Å²) in [6.07, 6.45) is 0.439. The molecule has 1 spiro atoms. The van der Waals surface area contributed by atoms with Crippen molar-refractivity contribution in [2.45, 2.75) is 38.2 Å². The molecule has 2 heterocycles. The van der Waals surface area contributed by atoms with Crippen LogP contribution in [-0.4, -0.2) is 42.3 Å². The molecule has 3 aliphatic rings. The number of likely N-dealkylation sites (tertiary alicyclic amines) is 1. The van der Waals surface area contributed by atoms with Crippen LogP contribution in [0.2, 0.25) is 0 Å². The van der Waals surface area contributed by atoms with E-state index in [2.05, 4.69) is 12.1 Å². The first kappa shape index (κ1) is 15.5. The number of hydrogen-bond donors (Lipinski definition) is 0. The van der Waals surface area contributed by atoms with Crippen molar-refractivity contribution in [2.75, 3.05) is 19.7 Å². The number of benzene rings is 1. The molecule has 0 bridgehead atoms. The Morgan fingerprint density at radius 1 is 1.25 bits per heavy atom. The number of cyclic esters (lactones) is 1. The van der Waals surface area contributed by atoms with Gasteiger partial charge in [-0.25, -0.2) is 4.79 Å². The predicted molar refractivity (Wildman–Crippen MR) is 87.4 cm³/mol. The first-order valence-corrected chi connectivity index (χ1v) is 8.48. The van der Waals surface area contributed by atoms with Gasteiger partial charge in [0.05, 0.1) is 5.92 Å². The van der Waals surface area contributed by atoms with Crippen molar-refractivity contribution in [2.24, 2.45) is 11.3 Å². The number of carbonyl (C=O) groups excluding carboxylic acids is 2. The molecule has 0 aromatic heterocycles. The van der Waals surface area contributed by atoms with Crippen molar-refractivity contribution < 1.29 is 19.1 Å². The molecule has 1 aromatic rings. The Bertz CT molecular complexity index is 695. The average Bonchev–Trinajstić information content (AvgIpc) is 2.91. The van der Waals surface area contributed by atoms with E-state index >= 15 is 0 Å². The number of amides is 1. The minimum absolute atomic E-state index is 0.106. The lowest BCUT2D eigenvalue weighted by molar-refractivity contribution is -0.144. The fourth-order valence-corrected chi connectivity index (χ4v) is 4.76. The lowest BCUT2D eigenvalue weighted by atomic mass is 9.44. The third kappa shape index (κ3) is 1.93. The molecule has 1 amide bonds. The molecule has 128 valence electrons. The smallest absolute Gasteiger partial charge is 0.410 e. The van der Waals surface area contributed by atoms with Gasteiger partial charge >= 0.3 is 12.1 Å². The third-order valence-electron chi connectivity index (χ3n) is 5.84. The Labute approximate surface area is 141 Å². The van der Waals surface area contributed by atoms with Crippen LogP contribution in [0.15, 0.2) is 30.3 Å². The number of esters is 1.